The molecular formula is C21H27NO5S. The van der Waals surface area contributed by atoms with Crippen LogP contribution in [0.2, 0.25) is 0 Å². The molecule has 2 rings (SSSR count). The molecule has 0 aliphatic rings. The summed E-state index contributed by atoms with van der Waals surface area (Å²) in [5.74, 6) is 0.651. The molecule has 1 atom stereocenters. The fourth-order valence-corrected chi connectivity index (χ4v) is 3.18. The molecule has 0 aliphatic heterocycles. The van der Waals surface area contributed by atoms with Crippen LogP contribution in [0.25, 0.3) is 0 Å². The van der Waals surface area contributed by atoms with Gasteiger partial charge in [-0.2, -0.15) is 8.42 Å². The molecule has 0 fully saturated rings. The minimum atomic E-state index is -3.60. The van der Waals surface area contributed by atoms with Gasteiger partial charge in [0.05, 0.1) is 12.9 Å². The molecule has 0 aliphatic carbocycles. The number of hydrogen-bond donors (Lipinski definition) is 0. The highest BCUT2D eigenvalue weighted by Crippen LogP contribution is 2.21. The summed E-state index contributed by atoms with van der Waals surface area (Å²) < 4.78 is 33.7. The lowest BCUT2D eigenvalue weighted by atomic mass is 10.1. The van der Waals surface area contributed by atoms with Crippen molar-refractivity contribution in [1.82, 2.24) is 4.90 Å². The van der Waals surface area contributed by atoms with Crippen molar-refractivity contribution in [3.63, 3.8) is 0 Å². The summed E-state index contributed by atoms with van der Waals surface area (Å²) in [5, 5.41) is 0. The second kappa shape index (κ2) is 9.59. The van der Waals surface area contributed by atoms with Gasteiger partial charge in [-0.3, -0.25) is 4.79 Å². The van der Waals surface area contributed by atoms with E-state index < -0.39 is 10.1 Å². The number of benzene rings is 2. The SMILES string of the molecule is CCC(C)N(Cc1cccc(OS(=O)(=O)CC)c1)C(=O)c1cccc(OC)c1. The number of hydrogen-bond acceptors (Lipinski definition) is 5. The molecule has 1 amide bonds. The van der Waals surface area contributed by atoms with Crippen molar-refractivity contribution in [2.75, 3.05) is 12.9 Å². The van der Waals surface area contributed by atoms with Gasteiger partial charge < -0.3 is 13.8 Å². The smallest absolute Gasteiger partial charge is 0.308 e. The highest BCUT2D eigenvalue weighted by atomic mass is 32.2. The Balaban J connectivity index is 2.28. The monoisotopic (exact) mass is 405 g/mol. The summed E-state index contributed by atoms with van der Waals surface area (Å²) in [6.07, 6.45) is 0.788. The van der Waals surface area contributed by atoms with E-state index in [-0.39, 0.29) is 23.5 Å². The Hall–Kier alpha value is -2.54. The summed E-state index contributed by atoms with van der Waals surface area (Å²) in [7, 11) is -2.04. The van der Waals surface area contributed by atoms with Crippen molar-refractivity contribution in [2.24, 2.45) is 0 Å². The van der Waals surface area contributed by atoms with Gasteiger partial charge in [-0.25, -0.2) is 0 Å². The van der Waals surface area contributed by atoms with Gasteiger partial charge in [-0.1, -0.05) is 25.1 Å². The van der Waals surface area contributed by atoms with E-state index >= 15 is 0 Å². The largest absolute Gasteiger partial charge is 0.497 e. The lowest BCUT2D eigenvalue weighted by molar-refractivity contribution is 0.0671. The number of carbonyl (C=O) groups excluding carboxylic acids is 1. The molecule has 0 saturated heterocycles. The number of carbonyl (C=O) groups is 1. The van der Waals surface area contributed by atoms with Crippen LogP contribution >= 0.6 is 0 Å². The molecule has 2 aromatic carbocycles. The molecule has 0 saturated carbocycles. The van der Waals surface area contributed by atoms with Gasteiger partial charge >= 0.3 is 10.1 Å². The van der Waals surface area contributed by atoms with E-state index in [2.05, 4.69) is 0 Å². The average Bonchev–Trinajstić information content (AvgIpc) is 2.71. The molecule has 28 heavy (non-hydrogen) atoms. The number of rotatable bonds is 9. The molecular weight excluding hydrogens is 378 g/mol. The maximum Gasteiger partial charge on any atom is 0.308 e. The summed E-state index contributed by atoms with van der Waals surface area (Å²) in [6, 6.07) is 13.9. The Labute approximate surface area is 167 Å². The quantitative estimate of drug-likeness (QED) is 0.592. The molecule has 0 radical (unpaired) electrons. The Morgan fingerprint density at radius 3 is 2.39 bits per heavy atom. The summed E-state index contributed by atoms with van der Waals surface area (Å²) in [6.45, 7) is 5.87. The van der Waals surface area contributed by atoms with Crippen molar-refractivity contribution in [1.29, 1.82) is 0 Å². The Morgan fingerprint density at radius 2 is 1.75 bits per heavy atom. The standard InChI is InChI=1S/C21H27NO5S/c1-5-16(3)22(21(23)18-10-8-11-19(14-18)26-4)15-17-9-7-12-20(13-17)27-28(24,25)6-2/h7-14,16H,5-6,15H2,1-4H3. The molecule has 152 valence electrons. The topological polar surface area (TPSA) is 72.9 Å². The van der Waals surface area contributed by atoms with Gasteiger partial charge in [-0.05, 0) is 56.2 Å². The fraction of sp³-hybridized carbons (Fsp3) is 0.381. The van der Waals surface area contributed by atoms with Crippen LogP contribution in [0.1, 0.15) is 43.1 Å². The minimum Gasteiger partial charge on any atom is -0.497 e. The molecule has 0 heterocycles. The van der Waals surface area contributed by atoms with Crippen LogP contribution in [0.5, 0.6) is 11.5 Å². The molecule has 0 aromatic heterocycles. The van der Waals surface area contributed by atoms with Gasteiger partial charge in [0.25, 0.3) is 5.91 Å². The van der Waals surface area contributed by atoms with E-state index in [4.69, 9.17) is 8.92 Å². The maximum atomic E-state index is 13.1. The van der Waals surface area contributed by atoms with Crippen molar-refractivity contribution < 1.29 is 22.1 Å². The lowest BCUT2D eigenvalue weighted by Crippen LogP contribution is -2.37. The zero-order valence-electron chi connectivity index (χ0n) is 16.7. The van der Waals surface area contributed by atoms with Crippen molar-refractivity contribution in [2.45, 2.75) is 39.8 Å². The van der Waals surface area contributed by atoms with Crippen LogP contribution in [-0.2, 0) is 16.7 Å². The van der Waals surface area contributed by atoms with E-state index in [0.717, 1.165) is 12.0 Å². The number of nitrogens with zero attached hydrogens (tertiary/aromatic N) is 1. The van der Waals surface area contributed by atoms with Gasteiger partial charge in [0.15, 0.2) is 0 Å². The van der Waals surface area contributed by atoms with Crippen LogP contribution in [-0.4, -0.2) is 38.1 Å². The number of ether oxygens (including phenoxy) is 1. The van der Waals surface area contributed by atoms with Gasteiger partial charge in [-0.15, -0.1) is 0 Å². The molecule has 0 N–H and O–H groups in total. The van der Waals surface area contributed by atoms with E-state index in [1.807, 2.05) is 19.9 Å². The third kappa shape index (κ3) is 5.73. The second-order valence-corrected chi connectivity index (χ2v) is 8.36. The number of amides is 1. The van der Waals surface area contributed by atoms with Crippen molar-refractivity contribution in [3.05, 3.63) is 59.7 Å². The first-order valence-electron chi connectivity index (χ1n) is 9.25. The predicted molar refractivity (Wildman–Crippen MR) is 109 cm³/mol. The van der Waals surface area contributed by atoms with E-state index in [9.17, 15) is 13.2 Å². The number of methoxy groups -OCH3 is 1. The molecule has 6 nitrogen and oxygen atoms in total. The second-order valence-electron chi connectivity index (χ2n) is 6.50. The van der Waals surface area contributed by atoms with Gasteiger partial charge in [0, 0.05) is 18.2 Å². The molecule has 7 heteroatoms. The third-order valence-corrected chi connectivity index (χ3v) is 5.68. The van der Waals surface area contributed by atoms with Crippen LogP contribution in [0.3, 0.4) is 0 Å². The first-order chi connectivity index (χ1) is 13.3. The first kappa shape index (κ1) is 21.8. The molecule has 0 bridgehead atoms. The first-order valence-corrected chi connectivity index (χ1v) is 10.8. The Morgan fingerprint density at radius 1 is 1.07 bits per heavy atom. The van der Waals surface area contributed by atoms with Crippen molar-refractivity contribution >= 4 is 16.0 Å². The Kier molecular flexibility index (Phi) is 7.45. The lowest BCUT2D eigenvalue weighted by Gasteiger charge is -2.29. The summed E-state index contributed by atoms with van der Waals surface area (Å²) in [4.78, 5) is 14.9. The fourth-order valence-electron chi connectivity index (χ4n) is 2.67. The highest BCUT2D eigenvalue weighted by Gasteiger charge is 2.21. The zero-order chi connectivity index (χ0) is 20.7. The van der Waals surface area contributed by atoms with E-state index in [0.29, 0.717) is 17.9 Å². The third-order valence-electron chi connectivity index (χ3n) is 4.53. The Bertz CT molecular complexity index is 911. The molecule has 2 aromatic rings. The van der Waals surface area contributed by atoms with Gasteiger partial charge in [0.2, 0.25) is 0 Å². The summed E-state index contributed by atoms with van der Waals surface area (Å²) >= 11 is 0. The molecule has 1 unspecified atom stereocenters. The van der Waals surface area contributed by atoms with Crippen LogP contribution in [0, 0.1) is 0 Å². The summed E-state index contributed by atoms with van der Waals surface area (Å²) in [5.41, 5.74) is 1.33. The van der Waals surface area contributed by atoms with E-state index in [1.54, 1.807) is 54.5 Å². The van der Waals surface area contributed by atoms with Crippen LogP contribution < -0.4 is 8.92 Å². The van der Waals surface area contributed by atoms with Crippen LogP contribution in [0.4, 0.5) is 0 Å². The van der Waals surface area contributed by atoms with Crippen LogP contribution in [0.15, 0.2) is 48.5 Å². The maximum absolute atomic E-state index is 13.1. The zero-order valence-corrected chi connectivity index (χ0v) is 17.5. The van der Waals surface area contributed by atoms with Gasteiger partial charge in [0.1, 0.15) is 11.5 Å². The average molecular weight is 406 g/mol. The molecule has 0 spiro atoms. The minimum absolute atomic E-state index is 0.00245. The van der Waals surface area contributed by atoms with Crippen molar-refractivity contribution in [3.8, 4) is 11.5 Å². The van der Waals surface area contributed by atoms with E-state index in [1.165, 1.54) is 6.92 Å². The normalized spacial score (nSPS) is 12.3. The predicted octanol–water partition coefficient (Wildman–Crippen LogP) is 3.86. The highest BCUT2D eigenvalue weighted by molar-refractivity contribution is 7.87.